The smallest absolute Gasteiger partial charge is 0.257 e. The minimum atomic E-state index is -0.851. The minimum Gasteiger partial charge on any atom is -0.338 e. The first-order valence-electron chi connectivity index (χ1n) is 5.90. The van der Waals surface area contributed by atoms with Crippen molar-refractivity contribution in [2.45, 2.75) is 20.0 Å². The SMILES string of the molecule is CC1CN(C(=O)c2cnc(Cl)nc2)CC(C)C1F. The van der Waals surface area contributed by atoms with E-state index in [0.29, 0.717) is 18.7 Å². The third-order valence-electron chi connectivity index (χ3n) is 3.26. The number of alkyl halides is 1. The molecule has 18 heavy (non-hydrogen) atoms. The van der Waals surface area contributed by atoms with Crippen LogP contribution >= 0.6 is 11.6 Å². The van der Waals surface area contributed by atoms with Gasteiger partial charge in [-0.3, -0.25) is 4.79 Å². The fraction of sp³-hybridized carbons (Fsp3) is 0.583. The van der Waals surface area contributed by atoms with Crippen LogP contribution in [0.4, 0.5) is 4.39 Å². The van der Waals surface area contributed by atoms with Gasteiger partial charge in [-0.05, 0) is 11.6 Å². The Bertz CT molecular complexity index is 427. The highest BCUT2D eigenvalue weighted by atomic mass is 35.5. The molecule has 98 valence electrons. The van der Waals surface area contributed by atoms with E-state index in [1.165, 1.54) is 12.4 Å². The molecule has 0 saturated carbocycles. The van der Waals surface area contributed by atoms with Crippen LogP contribution in [-0.2, 0) is 0 Å². The van der Waals surface area contributed by atoms with Gasteiger partial charge in [-0.1, -0.05) is 13.8 Å². The maximum absolute atomic E-state index is 13.7. The van der Waals surface area contributed by atoms with E-state index in [9.17, 15) is 9.18 Å². The summed E-state index contributed by atoms with van der Waals surface area (Å²) < 4.78 is 13.7. The van der Waals surface area contributed by atoms with Crippen LogP contribution in [0.15, 0.2) is 12.4 Å². The molecule has 0 bridgehead atoms. The first-order valence-corrected chi connectivity index (χ1v) is 6.27. The quantitative estimate of drug-likeness (QED) is 0.736. The number of halogens is 2. The van der Waals surface area contributed by atoms with Gasteiger partial charge >= 0.3 is 0 Å². The molecular weight excluding hydrogens is 257 g/mol. The second kappa shape index (κ2) is 5.18. The molecule has 2 rings (SSSR count). The molecule has 1 aromatic rings. The topological polar surface area (TPSA) is 46.1 Å². The average Bonchev–Trinajstić information content (AvgIpc) is 2.35. The van der Waals surface area contributed by atoms with Crippen molar-refractivity contribution in [1.82, 2.24) is 14.9 Å². The van der Waals surface area contributed by atoms with Crippen LogP contribution in [-0.4, -0.2) is 40.0 Å². The van der Waals surface area contributed by atoms with Gasteiger partial charge in [0.1, 0.15) is 6.17 Å². The van der Waals surface area contributed by atoms with Gasteiger partial charge in [-0.25, -0.2) is 14.4 Å². The van der Waals surface area contributed by atoms with Crippen molar-refractivity contribution in [3.05, 3.63) is 23.2 Å². The van der Waals surface area contributed by atoms with Crippen molar-refractivity contribution in [3.8, 4) is 0 Å². The van der Waals surface area contributed by atoms with Gasteiger partial charge in [0, 0.05) is 37.3 Å². The summed E-state index contributed by atoms with van der Waals surface area (Å²) in [6.45, 7) is 4.48. The molecule has 0 N–H and O–H groups in total. The second-order valence-corrected chi connectivity index (χ2v) is 5.19. The monoisotopic (exact) mass is 271 g/mol. The van der Waals surface area contributed by atoms with Crippen molar-refractivity contribution in [3.63, 3.8) is 0 Å². The number of amides is 1. The maximum Gasteiger partial charge on any atom is 0.257 e. The van der Waals surface area contributed by atoms with E-state index < -0.39 is 6.17 Å². The number of aromatic nitrogens is 2. The van der Waals surface area contributed by atoms with E-state index in [2.05, 4.69) is 9.97 Å². The number of piperidine rings is 1. The number of hydrogen-bond donors (Lipinski definition) is 0. The molecule has 1 saturated heterocycles. The van der Waals surface area contributed by atoms with E-state index >= 15 is 0 Å². The molecule has 1 aliphatic rings. The summed E-state index contributed by atoms with van der Waals surface area (Å²) in [6, 6.07) is 0. The summed E-state index contributed by atoms with van der Waals surface area (Å²) in [5.41, 5.74) is 0.385. The van der Waals surface area contributed by atoms with Crippen LogP contribution in [0.3, 0.4) is 0 Å². The van der Waals surface area contributed by atoms with Gasteiger partial charge in [0.15, 0.2) is 0 Å². The van der Waals surface area contributed by atoms with Gasteiger partial charge in [0.25, 0.3) is 5.91 Å². The number of carbonyl (C=O) groups excluding carboxylic acids is 1. The van der Waals surface area contributed by atoms with Gasteiger partial charge < -0.3 is 4.90 Å². The summed E-state index contributed by atoms with van der Waals surface area (Å²) in [7, 11) is 0. The number of carbonyl (C=O) groups is 1. The number of nitrogens with zero attached hydrogens (tertiary/aromatic N) is 3. The van der Waals surface area contributed by atoms with Crippen molar-refractivity contribution in [2.24, 2.45) is 11.8 Å². The third-order valence-corrected chi connectivity index (χ3v) is 3.45. The Morgan fingerprint density at radius 3 is 2.33 bits per heavy atom. The highest BCUT2D eigenvalue weighted by Gasteiger charge is 2.34. The maximum atomic E-state index is 13.7. The first kappa shape index (κ1) is 13.2. The fourth-order valence-electron chi connectivity index (χ4n) is 2.30. The number of likely N-dealkylation sites (tertiary alicyclic amines) is 1. The number of rotatable bonds is 1. The predicted octanol–water partition coefficient (Wildman–Crippen LogP) is 2.20. The molecule has 1 fully saturated rings. The molecule has 2 atom stereocenters. The highest BCUT2D eigenvalue weighted by Crippen LogP contribution is 2.25. The van der Waals surface area contributed by atoms with E-state index in [1.807, 2.05) is 13.8 Å². The Kier molecular flexibility index (Phi) is 3.80. The zero-order valence-electron chi connectivity index (χ0n) is 10.3. The van der Waals surface area contributed by atoms with Crippen LogP contribution < -0.4 is 0 Å². The Hall–Kier alpha value is -1.23. The largest absolute Gasteiger partial charge is 0.338 e. The lowest BCUT2D eigenvalue weighted by Gasteiger charge is -2.37. The van der Waals surface area contributed by atoms with Crippen LogP contribution in [0.5, 0.6) is 0 Å². The van der Waals surface area contributed by atoms with E-state index in [4.69, 9.17) is 11.6 Å². The third kappa shape index (κ3) is 2.61. The molecule has 1 aromatic heterocycles. The average molecular weight is 272 g/mol. The summed E-state index contributed by atoms with van der Waals surface area (Å²) in [5.74, 6) is -0.464. The van der Waals surface area contributed by atoms with E-state index in [0.717, 1.165) is 0 Å². The van der Waals surface area contributed by atoms with Gasteiger partial charge in [-0.15, -0.1) is 0 Å². The van der Waals surface area contributed by atoms with Gasteiger partial charge in [0.2, 0.25) is 5.28 Å². The van der Waals surface area contributed by atoms with E-state index in [1.54, 1.807) is 4.90 Å². The molecule has 0 aromatic carbocycles. The zero-order valence-corrected chi connectivity index (χ0v) is 11.1. The standard InChI is InChI=1S/C12H15ClFN3O/c1-7-5-17(6-8(2)10(7)14)11(18)9-3-15-12(13)16-4-9/h3-4,7-8,10H,5-6H2,1-2H3. The Labute approximate surface area is 110 Å². The minimum absolute atomic E-state index is 0.107. The molecule has 0 spiro atoms. The van der Waals surface area contributed by atoms with Crippen molar-refractivity contribution < 1.29 is 9.18 Å². The zero-order chi connectivity index (χ0) is 13.3. The van der Waals surface area contributed by atoms with Crippen LogP contribution in [0, 0.1) is 11.8 Å². The van der Waals surface area contributed by atoms with Crippen LogP contribution in [0.2, 0.25) is 5.28 Å². The predicted molar refractivity (Wildman–Crippen MR) is 66.2 cm³/mol. The van der Waals surface area contributed by atoms with Crippen LogP contribution in [0.1, 0.15) is 24.2 Å². The fourth-order valence-corrected chi connectivity index (χ4v) is 2.40. The summed E-state index contributed by atoms with van der Waals surface area (Å²) in [5, 5.41) is 0.107. The Morgan fingerprint density at radius 2 is 1.83 bits per heavy atom. The molecule has 6 heteroatoms. The lowest BCUT2D eigenvalue weighted by molar-refractivity contribution is 0.0368. The molecular formula is C12H15ClFN3O. The van der Waals surface area contributed by atoms with Gasteiger partial charge in [-0.2, -0.15) is 0 Å². The molecule has 1 aliphatic heterocycles. The van der Waals surface area contributed by atoms with Crippen LogP contribution in [0.25, 0.3) is 0 Å². The number of hydrogen-bond acceptors (Lipinski definition) is 3. The van der Waals surface area contributed by atoms with E-state index in [-0.39, 0.29) is 23.0 Å². The molecule has 0 aliphatic carbocycles. The van der Waals surface area contributed by atoms with Gasteiger partial charge in [0.05, 0.1) is 5.56 Å². The lowest BCUT2D eigenvalue weighted by atomic mass is 9.89. The molecule has 2 unspecified atom stereocenters. The molecule has 4 nitrogen and oxygen atoms in total. The van der Waals surface area contributed by atoms with Crippen molar-refractivity contribution >= 4 is 17.5 Å². The van der Waals surface area contributed by atoms with Crippen molar-refractivity contribution in [2.75, 3.05) is 13.1 Å². The lowest BCUT2D eigenvalue weighted by Crippen LogP contribution is -2.48. The second-order valence-electron chi connectivity index (χ2n) is 4.85. The molecule has 1 amide bonds. The van der Waals surface area contributed by atoms with Crippen molar-refractivity contribution in [1.29, 1.82) is 0 Å². The molecule has 2 heterocycles. The molecule has 0 radical (unpaired) electrons. The first-order chi connectivity index (χ1) is 8.49. The summed E-state index contributed by atoms with van der Waals surface area (Å²) in [4.78, 5) is 21.4. The highest BCUT2D eigenvalue weighted by molar-refractivity contribution is 6.28. The normalized spacial score (nSPS) is 28.2. The summed E-state index contributed by atoms with van der Waals surface area (Å²) >= 11 is 5.57. The summed E-state index contributed by atoms with van der Waals surface area (Å²) in [6.07, 6.45) is 1.94. The Morgan fingerprint density at radius 1 is 1.33 bits per heavy atom. The Balaban J connectivity index is 2.12.